The second-order valence-corrected chi connectivity index (χ2v) is 13.2. The van der Waals surface area contributed by atoms with Crippen LogP contribution in [0.4, 0.5) is 0 Å². The number of ketones is 1. The van der Waals surface area contributed by atoms with Crippen LogP contribution in [0.5, 0.6) is 0 Å². The lowest BCUT2D eigenvalue weighted by Crippen LogP contribution is -2.54. The Labute approximate surface area is 210 Å². The van der Waals surface area contributed by atoms with Gasteiger partial charge in [0.1, 0.15) is 0 Å². The van der Waals surface area contributed by atoms with Gasteiger partial charge in [0, 0.05) is 18.4 Å². The number of carboxylic acid groups (broad SMARTS) is 2. The van der Waals surface area contributed by atoms with Gasteiger partial charge in [0.25, 0.3) is 0 Å². The third-order valence-electron chi connectivity index (χ3n) is 11.7. The van der Waals surface area contributed by atoms with E-state index in [1.54, 1.807) is 6.08 Å². The summed E-state index contributed by atoms with van der Waals surface area (Å²) < 4.78 is 0. The van der Waals surface area contributed by atoms with Gasteiger partial charge in [-0.1, -0.05) is 32.9 Å². The van der Waals surface area contributed by atoms with Gasteiger partial charge in [0.05, 0.1) is 0 Å². The van der Waals surface area contributed by atoms with Crippen LogP contribution in [0.3, 0.4) is 0 Å². The summed E-state index contributed by atoms with van der Waals surface area (Å²) in [4.78, 5) is 36.1. The third kappa shape index (κ3) is 3.74. The molecule has 0 bridgehead atoms. The molecule has 8 atom stereocenters. The average Bonchev–Trinajstić information content (AvgIpc) is 3.34. The van der Waals surface area contributed by atoms with Gasteiger partial charge in [0.15, 0.2) is 5.78 Å². The largest absolute Gasteiger partial charge is 0.481 e. The maximum absolute atomic E-state index is 12.6. The van der Waals surface area contributed by atoms with Crippen molar-refractivity contribution in [3.63, 3.8) is 0 Å². The molecule has 0 aromatic heterocycles. The molecule has 4 aliphatic rings. The first-order valence-electron chi connectivity index (χ1n) is 13.6. The van der Waals surface area contributed by atoms with Crippen LogP contribution in [0.15, 0.2) is 23.8 Å². The third-order valence-corrected chi connectivity index (χ3v) is 11.7. The predicted molar refractivity (Wildman–Crippen MR) is 136 cm³/mol. The maximum atomic E-state index is 12.6. The summed E-state index contributed by atoms with van der Waals surface area (Å²) in [7, 11) is 0. The Morgan fingerprint density at radius 2 is 1.71 bits per heavy atom. The lowest BCUT2D eigenvalue weighted by atomic mass is 9.43. The Bertz CT molecular complexity index is 975. The van der Waals surface area contributed by atoms with Crippen molar-refractivity contribution in [1.82, 2.24) is 0 Å². The number of carboxylic acids is 2. The Morgan fingerprint density at radius 3 is 2.31 bits per heavy atom. The van der Waals surface area contributed by atoms with Crippen LogP contribution in [-0.2, 0) is 14.4 Å². The topological polar surface area (TPSA) is 91.7 Å². The van der Waals surface area contributed by atoms with E-state index in [4.69, 9.17) is 0 Å². The van der Waals surface area contributed by atoms with Gasteiger partial charge >= 0.3 is 11.9 Å². The standard InChI is InChI=1S/C30H44O5/c1-18(2)15-21(31)16-19(3)22-9-11-28(6)24-8-7-23(20(4)26(34)35)29(12-10-25(32)33)17-30(24,29)14-13-27(22,28)5/h15,19,22-24H,4,7-14,16-17H2,1-3,5-6H3,(H,32,33)(H,34,35)/t19-,22-,23+,24+,27-,28+,29-,30+/m1/s1. The molecule has 5 nitrogen and oxygen atoms in total. The van der Waals surface area contributed by atoms with E-state index < -0.39 is 11.9 Å². The van der Waals surface area contributed by atoms with Gasteiger partial charge in [-0.05, 0) is 117 Å². The van der Waals surface area contributed by atoms with Crippen LogP contribution >= 0.6 is 0 Å². The SMILES string of the molecule is C=C(C(=O)O)[C@@H]1CC[C@@H]2[C@]3(CC[C@]4(C)[C@@H]([C@H](C)CC(=O)C=C(C)C)CC[C@@]24C)C[C@]13CCC(=O)O. The van der Waals surface area contributed by atoms with E-state index >= 15 is 0 Å². The van der Waals surface area contributed by atoms with E-state index in [1.807, 2.05) is 13.8 Å². The Balaban J connectivity index is 1.63. The van der Waals surface area contributed by atoms with E-state index in [0.29, 0.717) is 30.6 Å². The number of rotatable bonds is 9. The first-order chi connectivity index (χ1) is 16.2. The fourth-order valence-corrected chi connectivity index (χ4v) is 10.0. The highest BCUT2D eigenvalue weighted by Crippen LogP contribution is 2.87. The molecule has 0 aromatic rings. The van der Waals surface area contributed by atoms with Crippen molar-refractivity contribution in [2.75, 3.05) is 0 Å². The summed E-state index contributed by atoms with van der Waals surface area (Å²) in [6.07, 6.45) is 10.2. The van der Waals surface area contributed by atoms with E-state index in [1.165, 1.54) is 0 Å². The molecule has 0 saturated heterocycles. The number of carbonyl (C=O) groups excluding carboxylic acids is 1. The highest BCUT2D eigenvalue weighted by molar-refractivity contribution is 5.90. The summed E-state index contributed by atoms with van der Waals surface area (Å²) in [5.74, 6) is -0.327. The summed E-state index contributed by atoms with van der Waals surface area (Å²) >= 11 is 0. The van der Waals surface area contributed by atoms with Crippen LogP contribution < -0.4 is 0 Å². The van der Waals surface area contributed by atoms with Crippen LogP contribution in [0.1, 0.15) is 98.8 Å². The lowest BCUT2D eigenvalue weighted by Gasteiger charge is -2.61. The molecule has 0 unspecified atom stereocenters. The lowest BCUT2D eigenvalue weighted by molar-refractivity contribution is -0.140. The van der Waals surface area contributed by atoms with Crippen molar-refractivity contribution in [3.05, 3.63) is 23.8 Å². The Hall–Kier alpha value is -1.91. The van der Waals surface area contributed by atoms with E-state index in [0.717, 1.165) is 50.5 Å². The summed E-state index contributed by atoms with van der Waals surface area (Å²) in [5.41, 5.74) is 1.40. The van der Waals surface area contributed by atoms with E-state index in [-0.39, 0.29) is 45.4 Å². The van der Waals surface area contributed by atoms with Crippen molar-refractivity contribution in [2.24, 2.45) is 45.3 Å². The molecule has 4 rings (SSSR count). The van der Waals surface area contributed by atoms with Crippen LogP contribution in [0.25, 0.3) is 0 Å². The molecule has 1 spiro atoms. The Morgan fingerprint density at radius 1 is 1.03 bits per heavy atom. The number of carbonyl (C=O) groups is 3. The summed E-state index contributed by atoms with van der Waals surface area (Å²) in [6, 6.07) is 0. The summed E-state index contributed by atoms with van der Waals surface area (Å²) in [5, 5.41) is 19.3. The molecular formula is C30H44O5. The average molecular weight is 485 g/mol. The van der Waals surface area contributed by atoms with Gasteiger partial charge < -0.3 is 10.2 Å². The molecular weight excluding hydrogens is 440 g/mol. The molecule has 35 heavy (non-hydrogen) atoms. The molecule has 0 heterocycles. The van der Waals surface area contributed by atoms with Crippen LogP contribution in [-0.4, -0.2) is 27.9 Å². The van der Waals surface area contributed by atoms with Crippen molar-refractivity contribution in [2.45, 2.75) is 98.8 Å². The first kappa shape index (κ1) is 26.2. The maximum Gasteiger partial charge on any atom is 0.331 e. The normalized spacial score (nSPS) is 42.1. The number of hydrogen-bond donors (Lipinski definition) is 2. The zero-order valence-electron chi connectivity index (χ0n) is 22.3. The molecule has 4 fully saturated rings. The zero-order chi connectivity index (χ0) is 26.0. The fourth-order valence-electron chi connectivity index (χ4n) is 10.0. The molecule has 0 amide bonds. The van der Waals surface area contributed by atoms with Gasteiger partial charge in [-0.3, -0.25) is 9.59 Å². The second-order valence-electron chi connectivity index (χ2n) is 13.2. The molecule has 5 heteroatoms. The monoisotopic (exact) mass is 484 g/mol. The molecule has 4 saturated carbocycles. The molecule has 4 aliphatic carbocycles. The minimum Gasteiger partial charge on any atom is -0.481 e. The number of aliphatic carboxylic acids is 2. The van der Waals surface area contributed by atoms with Crippen molar-refractivity contribution in [3.8, 4) is 0 Å². The van der Waals surface area contributed by atoms with E-state index in [2.05, 4.69) is 27.4 Å². The highest BCUT2D eigenvalue weighted by Gasteiger charge is 2.80. The summed E-state index contributed by atoms with van der Waals surface area (Å²) in [6.45, 7) is 15.1. The van der Waals surface area contributed by atoms with Gasteiger partial charge in [-0.2, -0.15) is 0 Å². The predicted octanol–water partition coefficient (Wildman–Crippen LogP) is 6.67. The number of hydrogen-bond acceptors (Lipinski definition) is 3. The van der Waals surface area contributed by atoms with E-state index in [9.17, 15) is 24.6 Å². The van der Waals surface area contributed by atoms with Gasteiger partial charge in [-0.15, -0.1) is 0 Å². The number of allylic oxidation sites excluding steroid dienone is 2. The quantitative estimate of drug-likeness (QED) is 0.357. The number of fused-ring (bicyclic) bond motifs is 2. The fraction of sp³-hybridized carbons (Fsp3) is 0.767. The minimum absolute atomic E-state index is 0.0357. The minimum atomic E-state index is -0.937. The first-order valence-corrected chi connectivity index (χ1v) is 13.6. The molecule has 2 N–H and O–H groups in total. The van der Waals surface area contributed by atoms with Crippen molar-refractivity contribution in [1.29, 1.82) is 0 Å². The molecule has 0 aliphatic heterocycles. The Kier molecular flexibility index (Phi) is 6.42. The zero-order valence-corrected chi connectivity index (χ0v) is 22.3. The van der Waals surface area contributed by atoms with Crippen molar-refractivity contribution >= 4 is 17.7 Å². The van der Waals surface area contributed by atoms with Gasteiger partial charge in [-0.25, -0.2) is 4.79 Å². The van der Waals surface area contributed by atoms with Gasteiger partial charge in [0.2, 0.25) is 0 Å². The van der Waals surface area contributed by atoms with Crippen molar-refractivity contribution < 1.29 is 24.6 Å². The highest BCUT2D eigenvalue weighted by atomic mass is 16.4. The smallest absolute Gasteiger partial charge is 0.331 e. The molecule has 194 valence electrons. The second kappa shape index (κ2) is 8.59. The van der Waals surface area contributed by atoms with Crippen LogP contribution in [0.2, 0.25) is 0 Å². The molecule has 0 aromatic carbocycles. The molecule has 0 radical (unpaired) electrons. The van der Waals surface area contributed by atoms with Crippen LogP contribution in [0, 0.1) is 45.3 Å².